The molecule has 4 rings (SSSR count). The van der Waals surface area contributed by atoms with Gasteiger partial charge in [0.2, 0.25) is 5.82 Å². The summed E-state index contributed by atoms with van der Waals surface area (Å²) in [5, 5.41) is 12.3. The summed E-state index contributed by atoms with van der Waals surface area (Å²) in [7, 11) is 0. The van der Waals surface area contributed by atoms with Crippen molar-refractivity contribution in [2.45, 2.75) is 6.54 Å². The molecule has 7 nitrogen and oxygen atoms in total. The third kappa shape index (κ3) is 3.72. The molecule has 132 valence electrons. The molecule has 0 saturated heterocycles. The highest BCUT2D eigenvalue weighted by Gasteiger charge is 2.19. The minimum atomic E-state index is -0.164. The van der Waals surface area contributed by atoms with Crippen molar-refractivity contribution in [3.63, 3.8) is 0 Å². The quantitative estimate of drug-likeness (QED) is 0.549. The fraction of sp³-hybridized carbons (Fsp3) is 0.0500. The van der Waals surface area contributed by atoms with Crippen LogP contribution >= 0.6 is 0 Å². The first-order chi connectivity index (χ1) is 13.3. The summed E-state index contributed by atoms with van der Waals surface area (Å²) in [6.45, 7) is -0.0307. The smallest absolute Gasteiger partial charge is 0.255 e. The summed E-state index contributed by atoms with van der Waals surface area (Å²) < 4.78 is 0. The summed E-state index contributed by atoms with van der Waals surface area (Å²) >= 11 is 0. The van der Waals surface area contributed by atoms with E-state index in [1.165, 1.54) is 4.80 Å². The summed E-state index contributed by atoms with van der Waals surface area (Å²) in [5.41, 5.74) is 2.31. The minimum Gasteiger partial charge on any atom is -0.279 e. The van der Waals surface area contributed by atoms with Crippen LogP contribution in [0.4, 0.5) is 11.4 Å². The van der Waals surface area contributed by atoms with Crippen molar-refractivity contribution in [2.24, 2.45) is 0 Å². The first-order valence-electron chi connectivity index (χ1n) is 8.42. The van der Waals surface area contributed by atoms with E-state index in [1.54, 1.807) is 23.4 Å². The fourth-order valence-corrected chi connectivity index (χ4v) is 2.70. The average molecular weight is 356 g/mol. The van der Waals surface area contributed by atoms with Crippen LogP contribution in [0, 0.1) is 0 Å². The lowest BCUT2D eigenvalue weighted by Crippen LogP contribution is -2.30. The van der Waals surface area contributed by atoms with Gasteiger partial charge in [-0.05, 0) is 41.6 Å². The second kappa shape index (κ2) is 7.57. The van der Waals surface area contributed by atoms with Crippen LogP contribution in [0.15, 0.2) is 85.2 Å². The molecule has 0 aliphatic heterocycles. The van der Waals surface area contributed by atoms with Crippen LogP contribution < -0.4 is 4.90 Å². The van der Waals surface area contributed by atoms with Gasteiger partial charge in [-0.15, -0.1) is 10.2 Å². The van der Waals surface area contributed by atoms with Gasteiger partial charge in [-0.1, -0.05) is 36.4 Å². The van der Waals surface area contributed by atoms with Crippen molar-refractivity contribution in [3.8, 4) is 11.4 Å². The van der Waals surface area contributed by atoms with E-state index in [1.807, 2.05) is 66.7 Å². The molecular formula is C20H16N6O. The van der Waals surface area contributed by atoms with E-state index in [9.17, 15) is 4.79 Å². The highest BCUT2D eigenvalue weighted by atomic mass is 16.2. The monoisotopic (exact) mass is 356 g/mol. The van der Waals surface area contributed by atoms with Crippen LogP contribution in [-0.4, -0.2) is 31.1 Å². The van der Waals surface area contributed by atoms with Gasteiger partial charge in [0.1, 0.15) is 6.54 Å². The minimum absolute atomic E-state index is 0.0307. The Hall–Kier alpha value is -3.87. The maximum absolute atomic E-state index is 13.0. The molecule has 0 bridgehead atoms. The van der Waals surface area contributed by atoms with Crippen molar-refractivity contribution in [2.75, 3.05) is 4.90 Å². The molecule has 0 aliphatic carbocycles. The van der Waals surface area contributed by atoms with Crippen molar-refractivity contribution >= 4 is 17.3 Å². The number of tetrazole rings is 1. The zero-order chi connectivity index (χ0) is 18.5. The third-order valence-corrected chi connectivity index (χ3v) is 3.93. The number of para-hydroxylation sites is 2. The highest BCUT2D eigenvalue weighted by molar-refractivity contribution is 6.00. The zero-order valence-corrected chi connectivity index (χ0v) is 14.4. The van der Waals surface area contributed by atoms with Crippen molar-refractivity contribution < 1.29 is 4.79 Å². The van der Waals surface area contributed by atoms with E-state index in [-0.39, 0.29) is 12.5 Å². The molecule has 2 heterocycles. The Morgan fingerprint density at radius 2 is 1.56 bits per heavy atom. The van der Waals surface area contributed by atoms with Crippen molar-refractivity contribution in [1.29, 1.82) is 0 Å². The Bertz CT molecular complexity index is 979. The lowest BCUT2D eigenvalue weighted by molar-refractivity contribution is -0.118. The SMILES string of the molecule is O=C(Cn1nnc(-c2cccnc2)n1)N(c1ccccc1)c1ccccc1. The van der Waals surface area contributed by atoms with Crippen LogP contribution in [0.3, 0.4) is 0 Å². The molecule has 0 N–H and O–H groups in total. The van der Waals surface area contributed by atoms with Gasteiger partial charge >= 0.3 is 0 Å². The number of carbonyl (C=O) groups excluding carboxylic acids is 1. The molecule has 2 aromatic heterocycles. The van der Waals surface area contributed by atoms with E-state index in [2.05, 4.69) is 20.4 Å². The maximum Gasteiger partial charge on any atom is 0.255 e. The predicted molar refractivity (Wildman–Crippen MR) is 101 cm³/mol. The number of hydrogen-bond acceptors (Lipinski definition) is 5. The molecule has 0 atom stereocenters. The number of aromatic nitrogens is 5. The first-order valence-corrected chi connectivity index (χ1v) is 8.42. The average Bonchev–Trinajstić information content (AvgIpc) is 3.19. The number of rotatable bonds is 5. The second-order valence-corrected chi connectivity index (χ2v) is 5.79. The largest absolute Gasteiger partial charge is 0.279 e. The van der Waals surface area contributed by atoms with Crippen LogP contribution in [0.1, 0.15) is 0 Å². The van der Waals surface area contributed by atoms with E-state index >= 15 is 0 Å². The molecule has 0 fully saturated rings. The zero-order valence-electron chi connectivity index (χ0n) is 14.4. The molecule has 27 heavy (non-hydrogen) atoms. The Morgan fingerprint density at radius 3 is 2.15 bits per heavy atom. The number of pyridine rings is 1. The molecular weight excluding hydrogens is 340 g/mol. The lowest BCUT2D eigenvalue weighted by Gasteiger charge is -2.22. The summed E-state index contributed by atoms with van der Waals surface area (Å²) in [5.74, 6) is 0.268. The summed E-state index contributed by atoms with van der Waals surface area (Å²) in [4.78, 5) is 20.0. The molecule has 4 aromatic rings. The molecule has 0 spiro atoms. The van der Waals surface area contributed by atoms with Gasteiger partial charge < -0.3 is 0 Å². The molecule has 0 unspecified atom stereocenters. The van der Waals surface area contributed by atoms with E-state index in [0.29, 0.717) is 5.82 Å². The van der Waals surface area contributed by atoms with Gasteiger partial charge in [0.15, 0.2) is 0 Å². The van der Waals surface area contributed by atoms with Crippen LogP contribution in [0.5, 0.6) is 0 Å². The second-order valence-electron chi connectivity index (χ2n) is 5.79. The molecule has 7 heteroatoms. The van der Waals surface area contributed by atoms with Crippen LogP contribution in [0.2, 0.25) is 0 Å². The van der Waals surface area contributed by atoms with Crippen molar-refractivity contribution in [3.05, 3.63) is 85.2 Å². The normalized spacial score (nSPS) is 10.5. The Labute approximate surface area is 155 Å². The van der Waals surface area contributed by atoms with Gasteiger partial charge in [-0.2, -0.15) is 4.80 Å². The van der Waals surface area contributed by atoms with E-state index in [4.69, 9.17) is 0 Å². The van der Waals surface area contributed by atoms with E-state index < -0.39 is 0 Å². The lowest BCUT2D eigenvalue weighted by atomic mass is 10.2. The molecule has 1 amide bonds. The number of carbonyl (C=O) groups is 1. The van der Waals surface area contributed by atoms with Crippen LogP contribution in [0.25, 0.3) is 11.4 Å². The Balaban J connectivity index is 1.61. The Morgan fingerprint density at radius 1 is 0.889 bits per heavy atom. The van der Waals surface area contributed by atoms with Gasteiger partial charge in [-0.25, -0.2) is 0 Å². The highest BCUT2D eigenvalue weighted by Crippen LogP contribution is 2.25. The molecule has 2 aromatic carbocycles. The fourth-order valence-electron chi connectivity index (χ4n) is 2.70. The number of anilines is 2. The van der Waals surface area contributed by atoms with Crippen molar-refractivity contribution in [1.82, 2.24) is 25.2 Å². The third-order valence-electron chi connectivity index (χ3n) is 3.93. The first kappa shape index (κ1) is 16.6. The van der Waals surface area contributed by atoms with Gasteiger partial charge in [0.05, 0.1) is 0 Å². The van der Waals surface area contributed by atoms with Gasteiger partial charge in [0, 0.05) is 29.3 Å². The molecule has 0 aliphatic rings. The number of nitrogens with zero attached hydrogens (tertiary/aromatic N) is 6. The number of hydrogen-bond donors (Lipinski definition) is 0. The predicted octanol–water partition coefficient (Wildman–Crippen LogP) is 3.10. The molecule has 0 saturated carbocycles. The number of benzene rings is 2. The summed E-state index contributed by atoms with van der Waals surface area (Å²) in [6, 6.07) is 22.6. The maximum atomic E-state index is 13.0. The number of amides is 1. The van der Waals surface area contributed by atoms with Gasteiger partial charge in [0.25, 0.3) is 5.91 Å². The Kier molecular flexibility index (Phi) is 4.65. The topological polar surface area (TPSA) is 76.8 Å². The van der Waals surface area contributed by atoms with Gasteiger partial charge in [-0.3, -0.25) is 14.7 Å². The summed E-state index contributed by atoms with van der Waals surface area (Å²) in [6.07, 6.45) is 3.33. The standard InChI is InChI=1S/C20H16N6O/c27-19(15-25-23-20(22-24-25)16-8-7-13-21-14-16)26(17-9-3-1-4-10-17)18-11-5-2-6-12-18/h1-14H,15H2. The van der Waals surface area contributed by atoms with Crippen LogP contribution in [-0.2, 0) is 11.3 Å². The molecule has 0 radical (unpaired) electrons. The van der Waals surface area contributed by atoms with E-state index in [0.717, 1.165) is 16.9 Å².